The largest absolute Gasteiger partial charge is 0.379 e. The number of carbonyl (C=O) groups is 1. The summed E-state index contributed by atoms with van der Waals surface area (Å²) in [5.74, 6) is 0.0362. The van der Waals surface area contributed by atoms with Gasteiger partial charge in [-0.1, -0.05) is 0 Å². The fourth-order valence-corrected chi connectivity index (χ4v) is 1.80. The molecule has 5 heteroatoms. The van der Waals surface area contributed by atoms with E-state index in [1.54, 1.807) is 0 Å². The van der Waals surface area contributed by atoms with Crippen molar-refractivity contribution in [1.82, 2.24) is 10.6 Å². The predicted molar refractivity (Wildman–Crippen MR) is 75.2 cm³/mol. The van der Waals surface area contributed by atoms with Crippen molar-refractivity contribution in [2.24, 2.45) is 0 Å². The molecular formula is C14H28N2O3. The summed E-state index contributed by atoms with van der Waals surface area (Å²) in [5.41, 5.74) is -0.0261. The third-order valence-electron chi connectivity index (χ3n) is 2.89. The van der Waals surface area contributed by atoms with Gasteiger partial charge in [0.25, 0.3) is 0 Å². The Morgan fingerprint density at radius 1 is 1.42 bits per heavy atom. The molecule has 0 aromatic heterocycles. The van der Waals surface area contributed by atoms with E-state index in [1.807, 2.05) is 20.8 Å². The lowest BCUT2D eigenvalue weighted by atomic mass is 10.1. The summed E-state index contributed by atoms with van der Waals surface area (Å²) in [6.45, 7) is 9.37. The molecule has 1 unspecified atom stereocenters. The molecule has 0 aliphatic carbocycles. The third-order valence-corrected chi connectivity index (χ3v) is 2.89. The van der Waals surface area contributed by atoms with Crippen molar-refractivity contribution in [3.8, 4) is 0 Å². The molecule has 0 radical (unpaired) electrons. The summed E-state index contributed by atoms with van der Waals surface area (Å²) in [5, 5.41) is 6.02. The molecule has 1 aliphatic rings. The Bertz CT molecular complexity index is 258. The summed E-state index contributed by atoms with van der Waals surface area (Å²) >= 11 is 0. The van der Waals surface area contributed by atoms with Crippen LogP contribution in [0.2, 0.25) is 0 Å². The van der Waals surface area contributed by atoms with E-state index < -0.39 is 0 Å². The summed E-state index contributed by atoms with van der Waals surface area (Å²) in [6.07, 6.45) is 3.37. The Labute approximate surface area is 116 Å². The fraction of sp³-hybridized carbons (Fsp3) is 0.929. The monoisotopic (exact) mass is 272 g/mol. The molecule has 1 atom stereocenters. The first-order chi connectivity index (χ1) is 8.97. The molecule has 0 aromatic carbocycles. The summed E-state index contributed by atoms with van der Waals surface area (Å²) in [7, 11) is 0. The zero-order valence-corrected chi connectivity index (χ0v) is 12.5. The van der Waals surface area contributed by atoms with Gasteiger partial charge in [-0.3, -0.25) is 4.79 Å². The number of hydrogen-bond acceptors (Lipinski definition) is 4. The van der Waals surface area contributed by atoms with Gasteiger partial charge < -0.3 is 20.1 Å². The van der Waals surface area contributed by atoms with Crippen LogP contribution in [0.3, 0.4) is 0 Å². The highest BCUT2D eigenvalue weighted by Crippen LogP contribution is 2.11. The topological polar surface area (TPSA) is 59.6 Å². The van der Waals surface area contributed by atoms with Gasteiger partial charge >= 0.3 is 0 Å². The van der Waals surface area contributed by atoms with Crippen molar-refractivity contribution < 1.29 is 14.3 Å². The highest BCUT2D eigenvalue weighted by atomic mass is 16.5. The van der Waals surface area contributed by atoms with E-state index in [2.05, 4.69) is 10.6 Å². The van der Waals surface area contributed by atoms with Crippen LogP contribution in [0, 0.1) is 0 Å². The molecule has 1 fully saturated rings. The molecule has 1 aliphatic heterocycles. The first-order valence-corrected chi connectivity index (χ1v) is 7.18. The lowest BCUT2D eigenvalue weighted by molar-refractivity contribution is -0.120. The van der Waals surface area contributed by atoms with E-state index in [0.717, 1.165) is 25.9 Å². The molecule has 5 nitrogen and oxygen atoms in total. The van der Waals surface area contributed by atoms with Gasteiger partial charge in [0.1, 0.15) is 0 Å². The van der Waals surface area contributed by atoms with Crippen LogP contribution in [-0.2, 0) is 14.3 Å². The van der Waals surface area contributed by atoms with Crippen molar-refractivity contribution in [3.05, 3.63) is 0 Å². The van der Waals surface area contributed by atoms with Crippen LogP contribution in [0.5, 0.6) is 0 Å². The maximum atomic E-state index is 11.5. The normalized spacial score (nSPS) is 19.6. The first-order valence-electron chi connectivity index (χ1n) is 7.18. The van der Waals surface area contributed by atoms with E-state index in [9.17, 15) is 4.79 Å². The van der Waals surface area contributed by atoms with Crippen molar-refractivity contribution in [1.29, 1.82) is 0 Å². The standard InChI is InChI=1S/C14H28N2O3/c1-14(2,3)16-10-13(17)15-7-5-8-18-11-12-6-4-9-19-12/h12,16H,4-11H2,1-3H3,(H,15,17). The number of carbonyl (C=O) groups excluding carboxylic acids is 1. The Morgan fingerprint density at radius 3 is 2.84 bits per heavy atom. The molecule has 19 heavy (non-hydrogen) atoms. The van der Waals surface area contributed by atoms with E-state index >= 15 is 0 Å². The second-order valence-corrected chi connectivity index (χ2v) is 6.02. The Kier molecular flexibility index (Phi) is 7.34. The molecule has 0 bridgehead atoms. The van der Waals surface area contributed by atoms with Crippen LogP contribution in [0.15, 0.2) is 0 Å². The van der Waals surface area contributed by atoms with E-state index in [4.69, 9.17) is 9.47 Å². The predicted octanol–water partition coefficient (Wildman–Crippen LogP) is 1.08. The van der Waals surface area contributed by atoms with Gasteiger partial charge in [-0.15, -0.1) is 0 Å². The Balaban J connectivity index is 1.88. The maximum absolute atomic E-state index is 11.5. The van der Waals surface area contributed by atoms with Crippen LogP contribution in [0.4, 0.5) is 0 Å². The molecule has 112 valence electrons. The lowest BCUT2D eigenvalue weighted by Gasteiger charge is -2.20. The van der Waals surface area contributed by atoms with E-state index in [1.165, 1.54) is 0 Å². The second-order valence-electron chi connectivity index (χ2n) is 6.02. The van der Waals surface area contributed by atoms with Gasteiger partial charge in [-0.05, 0) is 40.0 Å². The second kappa shape index (κ2) is 8.51. The van der Waals surface area contributed by atoms with Gasteiger partial charge in [0.2, 0.25) is 5.91 Å². The third kappa shape index (κ3) is 8.97. The lowest BCUT2D eigenvalue weighted by Crippen LogP contribution is -2.43. The van der Waals surface area contributed by atoms with Gasteiger partial charge in [0, 0.05) is 25.3 Å². The molecule has 1 heterocycles. The van der Waals surface area contributed by atoms with Gasteiger partial charge in [-0.25, -0.2) is 0 Å². The van der Waals surface area contributed by atoms with E-state index in [-0.39, 0.29) is 17.6 Å². The van der Waals surface area contributed by atoms with E-state index in [0.29, 0.717) is 26.3 Å². The van der Waals surface area contributed by atoms with Crippen LogP contribution in [0.25, 0.3) is 0 Å². The first kappa shape index (κ1) is 16.4. The number of amides is 1. The van der Waals surface area contributed by atoms with Crippen molar-refractivity contribution in [3.63, 3.8) is 0 Å². The van der Waals surface area contributed by atoms with Crippen molar-refractivity contribution in [2.45, 2.75) is 51.7 Å². The highest BCUT2D eigenvalue weighted by molar-refractivity contribution is 5.78. The molecule has 1 amide bonds. The van der Waals surface area contributed by atoms with Crippen molar-refractivity contribution >= 4 is 5.91 Å². The Hall–Kier alpha value is -0.650. The average molecular weight is 272 g/mol. The number of nitrogens with one attached hydrogen (secondary N) is 2. The fourth-order valence-electron chi connectivity index (χ4n) is 1.80. The Morgan fingerprint density at radius 2 is 2.21 bits per heavy atom. The zero-order valence-electron chi connectivity index (χ0n) is 12.5. The van der Waals surface area contributed by atoms with Gasteiger partial charge in [0.15, 0.2) is 0 Å². The maximum Gasteiger partial charge on any atom is 0.233 e. The summed E-state index contributed by atoms with van der Waals surface area (Å²) in [6, 6.07) is 0. The summed E-state index contributed by atoms with van der Waals surface area (Å²) in [4.78, 5) is 11.5. The summed E-state index contributed by atoms with van der Waals surface area (Å²) < 4.78 is 11.0. The SMILES string of the molecule is CC(C)(C)NCC(=O)NCCCOCC1CCCO1. The number of ether oxygens (including phenoxy) is 2. The minimum absolute atomic E-state index is 0.0261. The van der Waals surface area contributed by atoms with Crippen LogP contribution in [0.1, 0.15) is 40.0 Å². The van der Waals surface area contributed by atoms with Gasteiger partial charge in [-0.2, -0.15) is 0 Å². The molecule has 0 spiro atoms. The molecule has 2 N–H and O–H groups in total. The van der Waals surface area contributed by atoms with Crippen molar-refractivity contribution in [2.75, 3.05) is 32.9 Å². The van der Waals surface area contributed by atoms with Crippen LogP contribution >= 0.6 is 0 Å². The smallest absolute Gasteiger partial charge is 0.233 e. The van der Waals surface area contributed by atoms with Gasteiger partial charge in [0.05, 0.1) is 19.3 Å². The average Bonchev–Trinajstić information content (AvgIpc) is 2.83. The molecule has 0 aromatic rings. The highest BCUT2D eigenvalue weighted by Gasteiger charge is 2.15. The molecule has 1 saturated heterocycles. The quantitative estimate of drug-likeness (QED) is 0.649. The number of rotatable bonds is 8. The molecule has 0 saturated carbocycles. The number of hydrogen-bond donors (Lipinski definition) is 2. The van der Waals surface area contributed by atoms with Crippen LogP contribution < -0.4 is 10.6 Å². The minimum atomic E-state index is -0.0261. The molecular weight excluding hydrogens is 244 g/mol. The molecule has 1 rings (SSSR count). The zero-order chi connectivity index (χ0) is 14.1. The van der Waals surface area contributed by atoms with Crippen LogP contribution in [-0.4, -0.2) is 50.5 Å². The minimum Gasteiger partial charge on any atom is -0.379 e.